The molecule has 1 atom stereocenters. The molecule has 2 aliphatic rings. The van der Waals surface area contributed by atoms with E-state index in [1.807, 2.05) is 0 Å². The van der Waals surface area contributed by atoms with Crippen LogP contribution in [0, 0.1) is 0 Å². The van der Waals surface area contributed by atoms with E-state index in [0.29, 0.717) is 0 Å². The Morgan fingerprint density at radius 1 is 0.323 bits per heavy atom. The molecular formula is C61H43N. The number of nitrogens with zero attached hydrogens (tertiary/aromatic N) is 1. The van der Waals surface area contributed by atoms with Crippen LogP contribution in [0.5, 0.6) is 0 Å². The van der Waals surface area contributed by atoms with Crippen molar-refractivity contribution in [2.45, 2.75) is 17.8 Å². The van der Waals surface area contributed by atoms with Gasteiger partial charge in [-0.25, -0.2) is 0 Å². The molecule has 0 bridgehead atoms. The van der Waals surface area contributed by atoms with Crippen molar-refractivity contribution in [1.82, 2.24) is 0 Å². The summed E-state index contributed by atoms with van der Waals surface area (Å²) in [6.45, 7) is 2.41. The van der Waals surface area contributed by atoms with Crippen LogP contribution in [0.3, 0.4) is 0 Å². The Bertz CT molecular complexity index is 3270. The van der Waals surface area contributed by atoms with Crippen LogP contribution < -0.4 is 4.90 Å². The average Bonchev–Trinajstić information content (AvgIpc) is 3.80. The molecule has 0 heterocycles. The van der Waals surface area contributed by atoms with Crippen molar-refractivity contribution in [3.8, 4) is 33.4 Å². The van der Waals surface area contributed by atoms with Crippen LogP contribution in [-0.4, -0.2) is 0 Å². The fraction of sp³-hybridized carbons (Fsp3) is 0.0492. The van der Waals surface area contributed by atoms with E-state index in [4.69, 9.17) is 0 Å². The van der Waals surface area contributed by atoms with Crippen LogP contribution in [0.2, 0.25) is 0 Å². The van der Waals surface area contributed by atoms with Crippen molar-refractivity contribution < 1.29 is 0 Å². The topological polar surface area (TPSA) is 3.24 Å². The van der Waals surface area contributed by atoms with E-state index in [9.17, 15) is 0 Å². The lowest BCUT2D eigenvalue weighted by atomic mass is 9.67. The quantitative estimate of drug-likeness (QED) is 0.155. The second-order valence-corrected chi connectivity index (χ2v) is 16.9. The molecule has 292 valence electrons. The van der Waals surface area contributed by atoms with Gasteiger partial charge in [-0.1, -0.05) is 218 Å². The third kappa shape index (κ3) is 5.15. The van der Waals surface area contributed by atoms with Gasteiger partial charge in [0.1, 0.15) is 0 Å². The first kappa shape index (κ1) is 36.1. The van der Waals surface area contributed by atoms with Crippen LogP contribution in [0.4, 0.5) is 17.1 Å². The predicted molar refractivity (Wildman–Crippen MR) is 259 cm³/mol. The van der Waals surface area contributed by atoms with E-state index in [2.05, 4.69) is 254 Å². The summed E-state index contributed by atoms with van der Waals surface area (Å²) in [6.07, 6.45) is 0. The smallest absolute Gasteiger partial charge is 0.0713 e. The zero-order valence-electron chi connectivity index (χ0n) is 34.5. The number of anilines is 3. The summed E-state index contributed by atoms with van der Waals surface area (Å²) in [7, 11) is 0. The summed E-state index contributed by atoms with van der Waals surface area (Å²) in [5.74, 6) is 0. The van der Waals surface area contributed by atoms with Crippen molar-refractivity contribution in [1.29, 1.82) is 0 Å². The van der Waals surface area contributed by atoms with Crippen molar-refractivity contribution in [3.05, 3.63) is 282 Å². The van der Waals surface area contributed by atoms with Gasteiger partial charge in [-0.2, -0.15) is 0 Å². The number of para-hydroxylation sites is 1. The van der Waals surface area contributed by atoms with Crippen molar-refractivity contribution in [3.63, 3.8) is 0 Å². The SMILES string of the molecule is CC1(c2ccccc2)c2ccccc2-c2ccc(N(c3ccccc3-c3cccc4c3-c3ccccc3C4(c3ccccc3)c3ccccc3)c3cccc4ccccc34)cc21. The molecule has 0 fully saturated rings. The van der Waals surface area contributed by atoms with Crippen molar-refractivity contribution >= 4 is 27.8 Å². The van der Waals surface area contributed by atoms with E-state index in [-0.39, 0.29) is 5.41 Å². The third-order valence-electron chi connectivity index (χ3n) is 13.8. The number of rotatable bonds is 7. The number of hydrogen-bond acceptors (Lipinski definition) is 1. The number of fused-ring (bicyclic) bond motifs is 7. The minimum atomic E-state index is -0.494. The third-order valence-corrected chi connectivity index (χ3v) is 13.8. The monoisotopic (exact) mass is 789 g/mol. The lowest BCUT2D eigenvalue weighted by Gasteiger charge is -2.34. The van der Waals surface area contributed by atoms with Crippen LogP contribution in [0.25, 0.3) is 44.2 Å². The molecule has 1 unspecified atom stereocenters. The normalized spacial score (nSPS) is 15.4. The molecule has 2 aliphatic carbocycles. The second kappa shape index (κ2) is 14.2. The molecular weight excluding hydrogens is 747 g/mol. The fourth-order valence-electron chi connectivity index (χ4n) is 11.1. The zero-order valence-corrected chi connectivity index (χ0v) is 34.5. The highest BCUT2D eigenvalue weighted by atomic mass is 15.1. The molecule has 1 nitrogen and oxygen atoms in total. The summed E-state index contributed by atoms with van der Waals surface area (Å²) in [5, 5.41) is 2.41. The highest BCUT2D eigenvalue weighted by Crippen LogP contribution is 2.60. The summed E-state index contributed by atoms with van der Waals surface area (Å²) >= 11 is 0. The van der Waals surface area contributed by atoms with Crippen LogP contribution in [0.1, 0.15) is 45.9 Å². The van der Waals surface area contributed by atoms with Gasteiger partial charge in [0, 0.05) is 22.1 Å². The van der Waals surface area contributed by atoms with Crippen molar-refractivity contribution in [2.24, 2.45) is 0 Å². The van der Waals surface area contributed by atoms with Crippen LogP contribution in [0.15, 0.2) is 243 Å². The maximum Gasteiger partial charge on any atom is 0.0713 e. The van der Waals surface area contributed by atoms with Gasteiger partial charge in [0.05, 0.1) is 16.8 Å². The highest BCUT2D eigenvalue weighted by Gasteiger charge is 2.47. The minimum absolute atomic E-state index is 0.338. The van der Waals surface area contributed by atoms with Crippen molar-refractivity contribution in [2.75, 3.05) is 4.90 Å². The van der Waals surface area contributed by atoms with Gasteiger partial charge in [-0.15, -0.1) is 0 Å². The van der Waals surface area contributed by atoms with Gasteiger partial charge in [-0.05, 0) is 103 Å². The summed E-state index contributed by atoms with van der Waals surface area (Å²) in [5.41, 5.74) is 19.2. The Morgan fingerprint density at radius 3 is 1.56 bits per heavy atom. The van der Waals surface area contributed by atoms with Gasteiger partial charge < -0.3 is 4.90 Å². The Balaban J connectivity index is 1.14. The number of hydrogen-bond donors (Lipinski definition) is 0. The largest absolute Gasteiger partial charge is 0.309 e. The number of benzene rings is 10. The maximum atomic E-state index is 2.52. The van der Waals surface area contributed by atoms with E-state index in [0.717, 1.165) is 17.1 Å². The lowest BCUT2D eigenvalue weighted by molar-refractivity contribution is 0.714. The van der Waals surface area contributed by atoms with E-state index in [1.165, 1.54) is 83.1 Å². The maximum absolute atomic E-state index is 2.52. The Morgan fingerprint density at radius 2 is 0.823 bits per heavy atom. The first-order valence-corrected chi connectivity index (χ1v) is 21.7. The van der Waals surface area contributed by atoms with E-state index in [1.54, 1.807) is 0 Å². The summed E-state index contributed by atoms with van der Waals surface area (Å²) in [6, 6.07) is 90.0. The van der Waals surface area contributed by atoms with Gasteiger partial charge >= 0.3 is 0 Å². The molecule has 0 aliphatic heterocycles. The molecule has 62 heavy (non-hydrogen) atoms. The average molecular weight is 790 g/mol. The molecule has 0 amide bonds. The molecule has 10 aromatic rings. The Kier molecular flexibility index (Phi) is 8.27. The Labute approximate surface area is 363 Å². The van der Waals surface area contributed by atoms with Gasteiger partial charge in [0.2, 0.25) is 0 Å². The molecule has 1 heteroatoms. The van der Waals surface area contributed by atoms with E-state index < -0.39 is 5.41 Å². The molecule has 0 N–H and O–H groups in total. The van der Waals surface area contributed by atoms with Gasteiger partial charge in [0.15, 0.2) is 0 Å². The standard InChI is InChI=1S/C61H43N/c1-60(43-23-5-2-6-24-43)53-34-16-13-30-48(53)49-40-39-46(41-56(49)60)62(57-38-19-22-42-21-11-12-29-47(42)57)58-37-18-15-31-50(58)51-33-20-36-55-59(51)52-32-14-17-35-54(52)61(55,44-25-7-3-8-26-44)45-27-9-4-10-28-45/h2-41H,1H3. The van der Waals surface area contributed by atoms with E-state index >= 15 is 0 Å². The van der Waals surface area contributed by atoms with Gasteiger partial charge in [0.25, 0.3) is 0 Å². The first-order valence-electron chi connectivity index (χ1n) is 21.7. The summed E-state index contributed by atoms with van der Waals surface area (Å²) in [4.78, 5) is 2.52. The molecule has 0 saturated carbocycles. The summed E-state index contributed by atoms with van der Waals surface area (Å²) < 4.78 is 0. The predicted octanol–water partition coefficient (Wildman–Crippen LogP) is 15.7. The molecule has 0 saturated heterocycles. The molecule has 10 aromatic carbocycles. The molecule has 0 radical (unpaired) electrons. The molecule has 12 rings (SSSR count). The fourth-order valence-corrected chi connectivity index (χ4v) is 11.1. The molecule has 0 spiro atoms. The molecule has 0 aromatic heterocycles. The van der Waals surface area contributed by atoms with Crippen LogP contribution >= 0.6 is 0 Å². The zero-order chi connectivity index (χ0) is 41.3. The lowest BCUT2D eigenvalue weighted by Crippen LogP contribution is -2.28. The van der Waals surface area contributed by atoms with Crippen LogP contribution in [-0.2, 0) is 10.8 Å². The minimum Gasteiger partial charge on any atom is -0.309 e. The second-order valence-electron chi connectivity index (χ2n) is 16.9. The van der Waals surface area contributed by atoms with Gasteiger partial charge in [-0.3, -0.25) is 0 Å². The Hall–Kier alpha value is -7.74. The first-order chi connectivity index (χ1) is 30.7. The highest BCUT2D eigenvalue weighted by molar-refractivity contribution is 6.04.